The van der Waals surface area contributed by atoms with Gasteiger partial charge in [-0.3, -0.25) is 18.9 Å². The monoisotopic (exact) mass is 529 g/mol. The third-order valence-electron chi connectivity index (χ3n) is 5.79. The molecule has 1 amide bonds. The van der Waals surface area contributed by atoms with Crippen LogP contribution in [0.3, 0.4) is 0 Å². The smallest absolute Gasteiger partial charge is 0.269 e. The minimum atomic E-state index is -0.342. The van der Waals surface area contributed by atoms with Crippen LogP contribution in [0, 0.1) is 13.8 Å². The minimum absolute atomic E-state index is 0.127. The van der Waals surface area contributed by atoms with Gasteiger partial charge in [-0.05, 0) is 73.0 Å². The van der Waals surface area contributed by atoms with E-state index in [4.69, 9.17) is 21.7 Å². The second-order valence-corrected chi connectivity index (χ2v) is 10.3. The zero-order chi connectivity index (χ0) is 26.1. The van der Waals surface area contributed by atoms with E-state index in [0.717, 1.165) is 34.2 Å². The third kappa shape index (κ3) is 5.14. The summed E-state index contributed by atoms with van der Waals surface area (Å²) in [5, 5.41) is 0. The first kappa shape index (κ1) is 24.7. The van der Waals surface area contributed by atoms with E-state index < -0.39 is 0 Å². The van der Waals surface area contributed by atoms with Gasteiger partial charge in [-0.15, -0.1) is 0 Å². The van der Waals surface area contributed by atoms with Crippen molar-refractivity contribution in [2.75, 3.05) is 7.11 Å². The molecule has 5 rings (SSSR count). The first-order valence-corrected chi connectivity index (χ1v) is 12.7. The molecule has 1 aliphatic heterocycles. The number of fused-ring (bicyclic) bond motifs is 1. The lowest BCUT2D eigenvalue weighted by Crippen LogP contribution is -2.27. The van der Waals surface area contributed by atoms with Gasteiger partial charge in [-0.25, -0.2) is 0 Å². The Balaban J connectivity index is 1.54. The lowest BCUT2D eigenvalue weighted by atomic mass is 10.1. The Morgan fingerprint density at radius 1 is 1.00 bits per heavy atom. The SMILES string of the molecule is COc1ccc(CN2C(=O)/C(=C\c3c(Oc4cc(C)cc(C)c4)nc4ccccn4c3=O)SC2=S)cc1. The number of thioether (sulfide) groups is 1. The van der Waals surface area contributed by atoms with Gasteiger partial charge in [-0.2, -0.15) is 4.98 Å². The number of pyridine rings is 1. The van der Waals surface area contributed by atoms with Crippen molar-refractivity contribution in [1.82, 2.24) is 14.3 Å². The molecule has 1 saturated heterocycles. The van der Waals surface area contributed by atoms with Crippen molar-refractivity contribution in [2.24, 2.45) is 0 Å². The molecule has 0 spiro atoms. The normalized spacial score (nSPS) is 14.6. The van der Waals surface area contributed by atoms with Crippen LogP contribution in [0.25, 0.3) is 11.7 Å². The Bertz CT molecular complexity index is 1610. The standard InChI is InChI=1S/C28H23N3O4S2/c1-17-12-18(2)14-21(13-17)35-25-22(26(32)30-11-5-4-6-24(30)29-25)15-23-27(33)31(28(36)37-23)16-19-7-9-20(34-3)10-8-19/h4-15H,16H2,1-3H3/b23-15+. The van der Waals surface area contributed by atoms with Crippen LogP contribution in [0.4, 0.5) is 0 Å². The van der Waals surface area contributed by atoms with Crippen molar-refractivity contribution in [3.05, 3.63) is 104 Å². The fourth-order valence-electron chi connectivity index (χ4n) is 4.07. The number of thiocarbonyl (C=S) groups is 1. The zero-order valence-electron chi connectivity index (χ0n) is 20.4. The van der Waals surface area contributed by atoms with Crippen molar-refractivity contribution in [3.63, 3.8) is 0 Å². The maximum Gasteiger partial charge on any atom is 0.269 e. The molecule has 0 saturated carbocycles. The number of carbonyl (C=O) groups excluding carboxylic acids is 1. The number of methoxy groups -OCH3 is 1. The van der Waals surface area contributed by atoms with Crippen LogP contribution in [-0.2, 0) is 11.3 Å². The van der Waals surface area contributed by atoms with Gasteiger partial charge in [0.2, 0.25) is 5.88 Å². The molecule has 2 aromatic heterocycles. The van der Waals surface area contributed by atoms with Crippen molar-refractivity contribution < 1.29 is 14.3 Å². The Kier molecular flexibility index (Phi) is 6.82. The summed E-state index contributed by atoms with van der Waals surface area (Å²) in [5.74, 6) is 1.14. The van der Waals surface area contributed by atoms with Gasteiger partial charge in [0.25, 0.3) is 11.5 Å². The Morgan fingerprint density at radius 2 is 1.73 bits per heavy atom. The maximum atomic E-state index is 13.5. The number of hydrogen-bond donors (Lipinski definition) is 0. The highest BCUT2D eigenvalue weighted by Crippen LogP contribution is 2.35. The first-order chi connectivity index (χ1) is 17.8. The van der Waals surface area contributed by atoms with E-state index in [9.17, 15) is 9.59 Å². The molecular formula is C28H23N3O4S2. The van der Waals surface area contributed by atoms with Crippen LogP contribution in [0.15, 0.2) is 76.6 Å². The summed E-state index contributed by atoms with van der Waals surface area (Å²) in [7, 11) is 1.60. The molecule has 1 fully saturated rings. The van der Waals surface area contributed by atoms with Crippen molar-refractivity contribution >= 4 is 45.9 Å². The van der Waals surface area contributed by atoms with E-state index >= 15 is 0 Å². The lowest BCUT2D eigenvalue weighted by Gasteiger charge is -2.14. The highest BCUT2D eigenvalue weighted by molar-refractivity contribution is 8.26. The number of benzene rings is 2. The molecule has 3 heterocycles. The van der Waals surface area contributed by atoms with E-state index in [2.05, 4.69) is 4.98 Å². The van der Waals surface area contributed by atoms with Gasteiger partial charge in [-0.1, -0.05) is 48.2 Å². The number of amides is 1. The Labute approximate surface area is 223 Å². The maximum absolute atomic E-state index is 13.5. The number of ether oxygens (including phenoxy) is 2. The molecule has 2 aromatic carbocycles. The average molecular weight is 530 g/mol. The van der Waals surface area contributed by atoms with E-state index in [1.165, 1.54) is 15.4 Å². The predicted octanol–water partition coefficient (Wildman–Crippen LogP) is 5.51. The molecular weight excluding hydrogens is 506 g/mol. The molecule has 9 heteroatoms. The fraction of sp³-hybridized carbons (Fsp3) is 0.143. The molecule has 7 nitrogen and oxygen atoms in total. The third-order valence-corrected chi connectivity index (χ3v) is 7.17. The molecule has 0 radical (unpaired) electrons. The van der Waals surface area contributed by atoms with Gasteiger partial charge in [0.1, 0.15) is 27.0 Å². The second kappa shape index (κ2) is 10.2. The molecule has 1 aliphatic rings. The molecule has 0 bridgehead atoms. The van der Waals surface area contributed by atoms with E-state index in [-0.39, 0.29) is 22.9 Å². The van der Waals surface area contributed by atoms with Gasteiger partial charge >= 0.3 is 0 Å². The molecule has 4 aromatic rings. The Hall–Kier alpha value is -3.95. The van der Waals surface area contributed by atoms with Crippen LogP contribution in [0.5, 0.6) is 17.4 Å². The molecule has 0 unspecified atom stereocenters. The van der Waals surface area contributed by atoms with E-state index in [1.54, 1.807) is 31.5 Å². The topological polar surface area (TPSA) is 73.1 Å². The fourth-order valence-corrected chi connectivity index (χ4v) is 5.30. The summed E-state index contributed by atoms with van der Waals surface area (Å²) in [6.45, 7) is 4.25. The van der Waals surface area contributed by atoms with Gasteiger partial charge in [0.15, 0.2) is 0 Å². The van der Waals surface area contributed by atoms with E-state index in [0.29, 0.717) is 27.2 Å². The molecule has 0 aliphatic carbocycles. The van der Waals surface area contributed by atoms with Crippen LogP contribution in [0.1, 0.15) is 22.3 Å². The average Bonchev–Trinajstić information content (AvgIpc) is 3.13. The summed E-state index contributed by atoms with van der Waals surface area (Å²) in [4.78, 5) is 33.3. The van der Waals surface area contributed by atoms with Gasteiger partial charge < -0.3 is 9.47 Å². The number of nitrogens with zero attached hydrogens (tertiary/aromatic N) is 3. The van der Waals surface area contributed by atoms with Crippen LogP contribution in [-0.4, -0.2) is 31.6 Å². The minimum Gasteiger partial charge on any atom is -0.497 e. The largest absolute Gasteiger partial charge is 0.497 e. The first-order valence-electron chi connectivity index (χ1n) is 11.5. The van der Waals surface area contributed by atoms with Gasteiger partial charge in [0.05, 0.1) is 18.6 Å². The van der Waals surface area contributed by atoms with Crippen molar-refractivity contribution in [2.45, 2.75) is 20.4 Å². The number of hydrogen-bond acceptors (Lipinski definition) is 7. The zero-order valence-corrected chi connectivity index (χ0v) is 22.1. The van der Waals surface area contributed by atoms with Gasteiger partial charge in [0, 0.05) is 6.20 Å². The second-order valence-electron chi connectivity index (χ2n) is 8.61. The predicted molar refractivity (Wildman–Crippen MR) is 149 cm³/mol. The highest BCUT2D eigenvalue weighted by Gasteiger charge is 2.33. The summed E-state index contributed by atoms with van der Waals surface area (Å²) in [5.41, 5.74) is 3.22. The summed E-state index contributed by atoms with van der Waals surface area (Å²) in [6, 6.07) is 18.5. The summed E-state index contributed by atoms with van der Waals surface area (Å²) < 4.78 is 13.2. The van der Waals surface area contributed by atoms with Crippen LogP contribution >= 0.6 is 24.0 Å². The van der Waals surface area contributed by atoms with Crippen LogP contribution in [0.2, 0.25) is 0 Å². The number of rotatable bonds is 6. The van der Waals surface area contributed by atoms with Crippen LogP contribution < -0.4 is 15.0 Å². The molecule has 0 atom stereocenters. The molecule has 0 N–H and O–H groups in total. The summed E-state index contributed by atoms with van der Waals surface area (Å²) in [6.07, 6.45) is 3.16. The summed E-state index contributed by atoms with van der Waals surface area (Å²) >= 11 is 6.66. The lowest BCUT2D eigenvalue weighted by molar-refractivity contribution is -0.122. The van der Waals surface area contributed by atoms with Crippen molar-refractivity contribution in [1.29, 1.82) is 0 Å². The highest BCUT2D eigenvalue weighted by atomic mass is 32.2. The quantitative estimate of drug-likeness (QED) is 0.241. The molecule has 186 valence electrons. The molecule has 37 heavy (non-hydrogen) atoms. The Morgan fingerprint density at radius 3 is 2.43 bits per heavy atom. The number of aryl methyl sites for hydroxylation is 2. The van der Waals surface area contributed by atoms with E-state index in [1.807, 2.05) is 56.3 Å². The number of carbonyl (C=O) groups is 1. The number of aromatic nitrogens is 2. The van der Waals surface area contributed by atoms with Crippen molar-refractivity contribution in [3.8, 4) is 17.4 Å².